The fraction of sp³-hybridized carbons (Fsp3) is 1.00. The summed E-state index contributed by atoms with van der Waals surface area (Å²) in [5.74, 6) is 0. The summed E-state index contributed by atoms with van der Waals surface area (Å²) < 4.78 is 0. The van der Waals surface area contributed by atoms with Gasteiger partial charge in [-0.05, 0) is 11.5 Å². The normalized spacial score (nSPS) is 13.5. The van der Waals surface area contributed by atoms with E-state index < -0.39 is 8.07 Å². The van der Waals surface area contributed by atoms with Crippen molar-refractivity contribution in [3.8, 4) is 0 Å². The largest absolute Gasteiger partial charge is 0.396 e. The predicted octanol–water partition coefficient (Wildman–Crippen LogP) is 3.27. The average molecular weight is 188 g/mol. The van der Waals surface area contributed by atoms with Crippen LogP contribution in [0.2, 0.25) is 24.2 Å². The minimum absolute atomic E-state index is 0.356. The zero-order valence-corrected chi connectivity index (χ0v) is 10.3. The molecule has 0 saturated heterocycles. The number of hydrogen-bond acceptors (Lipinski definition) is 1. The van der Waals surface area contributed by atoms with Gasteiger partial charge in [0.05, 0.1) is 8.07 Å². The summed E-state index contributed by atoms with van der Waals surface area (Å²) in [4.78, 5) is 0. The highest BCUT2D eigenvalue weighted by Gasteiger charge is 2.33. The summed E-state index contributed by atoms with van der Waals surface area (Å²) in [6.45, 7) is 12.3. The molecule has 0 rings (SSSR count). The SMILES string of the molecule is CC(C)(C)[Si](C)(C)CCCCO. The van der Waals surface area contributed by atoms with Crippen molar-refractivity contribution in [3.63, 3.8) is 0 Å². The summed E-state index contributed by atoms with van der Waals surface area (Å²) in [7, 11) is -1.05. The minimum atomic E-state index is -1.05. The quantitative estimate of drug-likeness (QED) is 0.530. The second-order valence-corrected chi connectivity index (χ2v) is 11.1. The van der Waals surface area contributed by atoms with Gasteiger partial charge in [0.25, 0.3) is 0 Å². The molecular formula is C10H24OSi. The Morgan fingerprint density at radius 1 is 1.08 bits per heavy atom. The molecule has 74 valence electrons. The highest BCUT2D eigenvalue weighted by Crippen LogP contribution is 2.39. The molecule has 0 amide bonds. The maximum atomic E-state index is 8.68. The van der Waals surface area contributed by atoms with Gasteiger partial charge in [-0.3, -0.25) is 0 Å². The van der Waals surface area contributed by atoms with Crippen molar-refractivity contribution >= 4 is 8.07 Å². The minimum Gasteiger partial charge on any atom is -0.396 e. The fourth-order valence-corrected chi connectivity index (χ4v) is 2.94. The molecule has 0 spiro atoms. The number of rotatable bonds is 4. The van der Waals surface area contributed by atoms with Gasteiger partial charge in [-0.2, -0.15) is 0 Å². The molecule has 0 atom stereocenters. The van der Waals surface area contributed by atoms with Crippen LogP contribution in [0.1, 0.15) is 33.6 Å². The highest BCUT2D eigenvalue weighted by atomic mass is 28.3. The molecular weight excluding hydrogens is 164 g/mol. The zero-order valence-electron chi connectivity index (χ0n) is 9.28. The molecule has 0 radical (unpaired) electrons. The van der Waals surface area contributed by atoms with E-state index in [4.69, 9.17) is 5.11 Å². The van der Waals surface area contributed by atoms with Crippen LogP contribution < -0.4 is 0 Å². The van der Waals surface area contributed by atoms with Gasteiger partial charge >= 0.3 is 0 Å². The van der Waals surface area contributed by atoms with Crippen LogP contribution in [0.3, 0.4) is 0 Å². The Hall–Kier alpha value is 0.177. The molecule has 0 saturated carbocycles. The first-order valence-corrected chi connectivity index (χ1v) is 8.13. The molecule has 0 aliphatic rings. The second kappa shape index (κ2) is 4.42. The highest BCUT2D eigenvalue weighted by molar-refractivity contribution is 6.80. The Kier molecular flexibility index (Phi) is 4.49. The molecule has 0 heterocycles. The number of aliphatic hydroxyl groups is 1. The molecule has 0 aliphatic carbocycles. The van der Waals surface area contributed by atoms with Crippen molar-refractivity contribution in [2.75, 3.05) is 6.61 Å². The molecule has 1 N–H and O–H groups in total. The Bertz CT molecular complexity index is 124. The van der Waals surface area contributed by atoms with Gasteiger partial charge in [0.1, 0.15) is 0 Å². The van der Waals surface area contributed by atoms with E-state index in [0.29, 0.717) is 11.6 Å². The van der Waals surface area contributed by atoms with Gasteiger partial charge < -0.3 is 5.11 Å². The second-order valence-electron chi connectivity index (χ2n) is 5.31. The van der Waals surface area contributed by atoms with Gasteiger partial charge in [0.2, 0.25) is 0 Å². The van der Waals surface area contributed by atoms with E-state index in [9.17, 15) is 0 Å². The van der Waals surface area contributed by atoms with Crippen LogP contribution in [0.4, 0.5) is 0 Å². The van der Waals surface area contributed by atoms with Crippen molar-refractivity contribution in [3.05, 3.63) is 0 Å². The predicted molar refractivity (Wildman–Crippen MR) is 58.3 cm³/mol. The Labute approximate surface area is 78.2 Å². The summed E-state index contributed by atoms with van der Waals surface area (Å²) in [6, 6.07) is 1.34. The molecule has 0 aromatic heterocycles. The third-order valence-corrected chi connectivity index (χ3v) is 8.90. The van der Waals surface area contributed by atoms with Crippen molar-refractivity contribution < 1.29 is 5.11 Å². The van der Waals surface area contributed by atoms with Crippen molar-refractivity contribution in [2.45, 2.75) is 57.8 Å². The van der Waals surface area contributed by atoms with Crippen LogP contribution >= 0.6 is 0 Å². The molecule has 0 unspecified atom stereocenters. The first-order valence-electron chi connectivity index (χ1n) is 4.92. The fourth-order valence-electron chi connectivity index (χ4n) is 1.05. The number of hydrogen-bond donors (Lipinski definition) is 1. The average Bonchev–Trinajstić information content (AvgIpc) is 1.85. The van der Waals surface area contributed by atoms with Gasteiger partial charge in [-0.15, -0.1) is 0 Å². The van der Waals surface area contributed by atoms with Crippen molar-refractivity contribution in [1.82, 2.24) is 0 Å². The lowest BCUT2D eigenvalue weighted by Gasteiger charge is -2.37. The lowest BCUT2D eigenvalue weighted by Crippen LogP contribution is -2.36. The standard InChI is InChI=1S/C10H24OSi/c1-10(2,3)12(4,5)9-7-6-8-11/h11H,6-9H2,1-5H3. The first-order chi connectivity index (χ1) is 5.31. The Morgan fingerprint density at radius 3 is 1.92 bits per heavy atom. The lowest BCUT2D eigenvalue weighted by molar-refractivity contribution is 0.286. The Morgan fingerprint density at radius 2 is 1.58 bits per heavy atom. The van der Waals surface area contributed by atoms with Crippen LogP contribution in [0.25, 0.3) is 0 Å². The molecule has 0 bridgehead atoms. The molecule has 0 fully saturated rings. The van der Waals surface area contributed by atoms with Gasteiger partial charge in [-0.1, -0.05) is 46.3 Å². The third kappa shape index (κ3) is 3.72. The van der Waals surface area contributed by atoms with Gasteiger partial charge in [-0.25, -0.2) is 0 Å². The number of unbranched alkanes of at least 4 members (excludes halogenated alkanes) is 1. The van der Waals surface area contributed by atoms with E-state index >= 15 is 0 Å². The molecule has 0 aromatic carbocycles. The lowest BCUT2D eigenvalue weighted by atomic mass is 10.2. The van der Waals surface area contributed by atoms with Crippen molar-refractivity contribution in [1.29, 1.82) is 0 Å². The smallest absolute Gasteiger partial charge is 0.0527 e. The summed E-state index contributed by atoms with van der Waals surface area (Å²) in [5, 5.41) is 9.18. The van der Waals surface area contributed by atoms with E-state index in [0.717, 1.165) is 6.42 Å². The maximum absolute atomic E-state index is 8.68. The summed E-state index contributed by atoms with van der Waals surface area (Å²) in [5.41, 5.74) is 0. The molecule has 0 aromatic rings. The van der Waals surface area contributed by atoms with Crippen LogP contribution in [-0.2, 0) is 0 Å². The zero-order chi connectivity index (χ0) is 9.83. The summed E-state index contributed by atoms with van der Waals surface area (Å²) in [6.07, 6.45) is 2.18. The van der Waals surface area contributed by atoms with Crippen LogP contribution in [0, 0.1) is 0 Å². The summed E-state index contributed by atoms with van der Waals surface area (Å²) >= 11 is 0. The van der Waals surface area contributed by atoms with Gasteiger partial charge in [0.15, 0.2) is 0 Å². The van der Waals surface area contributed by atoms with Crippen molar-refractivity contribution in [2.24, 2.45) is 0 Å². The van der Waals surface area contributed by atoms with Crippen LogP contribution in [-0.4, -0.2) is 19.8 Å². The first kappa shape index (κ1) is 12.2. The topological polar surface area (TPSA) is 20.2 Å². The van der Waals surface area contributed by atoms with Crippen LogP contribution in [0.5, 0.6) is 0 Å². The molecule has 12 heavy (non-hydrogen) atoms. The monoisotopic (exact) mass is 188 g/mol. The third-order valence-electron chi connectivity index (χ3n) is 3.24. The van der Waals surface area contributed by atoms with Crippen LogP contribution in [0.15, 0.2) is 0 Å². The van der Waals surface area contributed by atoms with E-state index in [-0.39, 0.29) is 0 Å². The van der Waals surface area contributed by atoms with E-state index in [1.54, 1.807) is 0 Å². The van der Waals surface area contributed by atoms with Gasteiger partial charge in [0, 0.05) is 6.61 Å². The molecule has 1 nitrogen and oxygen atoms in total. The Balaban J connectivity index is 3.88. The molecule has 2 heteroatoms. The van der Waals surface area contributed by atoms with E-state index in [2.05, 4.69) is 33.9 Å². The number of aliphatic hydroxyl groups excluding tert-OH is 1. The maximum Gasteiger partial charge on any atom is 0.0527 e. The molecule has 0 aliphatic heterocycles. The van der Waals surface area contributed by atoms with E-state index in [1.807, 2.05) is 0 Å². The van der Waals surface area contributed by atoms with E-state index in [1.165, 1.54) is 12.5 Å².